The molecule has 4 heteroatoms. The Morgan fingerprint density at radius 1 is 1.35 bits per heavy atom. The summed E-state index contributed by atoms with van der Waals surface area (Å²) in [6.07, 6.45) is 2.28. The number of anilines is 1. The van der Waals surface area contributed by atoms with Crippen molar-refractivity contribution in [2.75, 3.05) is 18.4 Å². The van der Waals surface area contributed by atoms with Crippen molar-refractivity contribution < 1.29 is 0 Å². The number of para-hydroxylation sites is 1. The van der Waals surface area contributed by atoms with Crippen molar-refractivity contribution in [1.29, 1.82) is 0 Å². The van der Waals surface area contributed by atoms with Gasteiger partial charge in [0.25, 0.3) is 0 Å². The SMILES string of the molecule is NC1CCCN(C2=NCc3ccccc3N2)C1. The van der Waals surface area contributed by atoms with Crippen LogP contribution in [0.5, 0.6) is 0 Å². The van der Waals surface area contributed by atoms with Gasteiger partial charge in [-0.15, -0.1) is 0 Å². The molecule has 1 saturated heterocycles. The summed E-state index contributed by atoms with van der Waals surface area (Å²) in [5.41, 5.74) is 8.44. The molecule has 90 valence electrons. The van der Waals surface area contributed by atoms with Crippen LogP contribution in [0.15, 0.2) is 29.3 Å². The monoisotopic (exact) mass is 230 g/mol. The number of piperidine rings is 1. The Balaban J connectivity index is 1.76. The Morgan fingerprint density at radius 3 is 3.12 bits per heavy atom. The molecule has 2 aliphatic heterocycles. The molecule has 3 N–H and O–H groups in total. The van der Waals surface area contributed by atoms with Crippen molar-refractivity contribution >= 4 is 11.6 Å². The summed E-state index contributed by atoms with van der Waals surface area (Å²) in [6.45, 7) is 2.74. The minimum atomic E-state index is 0.283. The molecule has 3 rings (SSSR count). The first kappa shape index (κ1) is 10.6. The maximum atomic E-state index is 6.00. The summed E-state index contributed by atoms with van der Waals surface area (Å²) in [4.78, 5) is 6.87. The van der Waals surface area contributed by atoms with Crippen molar-refractivity contribution in [1.82, 2.24) is 4.90 Å². The zero-order valence-corrected chi connectivity index (χ0v) is 9.89. The second-order valence-corrected chi connectivity index (χ2v) is 4.77. The summed E-state index contributed by atoms with van der Waals surface area (Å²) in [6, 6.07) is 8.61. The molecule has 1 atom stereocenters. The number of hydrogen-bond acceptors (Lipinski definition) is 4. The average Bonchev–Trinajstić information content (AvgIpc) is 2.38. The Labute approximate surface area is 102 Å². The lowest BCUT2D eigenvalue weighted by molar-refractivity contribution is 0.307. The Hall–Kier alpha value is -1.55. The van der Waals surface area contributed by atoms with Crippen LogP contribution in [0.4, 0.5) is 5.69 Å². The highest BCUT2D eigenvalue weighted by Crippen LogP contribution is 2.21. The molecule has 0 saturated carbocycles. The highest BCUT2D eigenvalue weighted by Gasteiger charge is 2.22. The lowest BCUT2D eigenvalue weighted by Gasteiger charge is -2.35. The number of nitrogens with one attached hydrogen (secondary N) is 1. The number of aliphatic imine (C=N–C) groups is 1. The summed E-state index contributed by atoms with van der Waals surface area (Å²) >= 11 is 0. The molecule has 1 fully saturated rings. The molecule has 1 aromatic rings. The van der Waals surface area contributed by atoms with Crippen LogP contribution in [-0.2, 0) is 6.54 Å². The molecule has 2 heterocycles. The summed E-state index contributed by atoms with van der Waals surface area (Å²) < 4.78 is 0. The van der Waals surface area contributed by atoms with Gasteiger partial charge in [0.15, 0.2) is 5.96 Å². The number of guanidine groups is 1. The van der Waals surface area contributed by atoms with Crippen LogP contribution in [0, 0.1) is 0 Å². The maximum Gasteiger partial charge on any atom is 0.198 e. The number of fused-ring (bicyclic) bond motifs is 1. The van der Waals surface area contributed by atoms with E-state index in [0.29, 0.717) is 0 Å². The van der Waals surface area contributed by atoms with Crippen LogP contribution < -0.4 is 11.1 Å². The Kier molecular flexibility index (Phi) is 2.73. The lowest BCUT2D eigenvalue weighted by Crippen LogP contribution is -2.48. The largest absolute Gasteiger partial charge is 0.341 e. The van der Waals surface area contributed by atoms with Crippen molar-refractivity contribution in [3.05, 3.63) is 29.8 Å². The summed E-state index contributed by atoms with van der Waals surface area (Å²) in [5.74, 6) is 0.985. The second kappa shape index (κ2) is 4.37. The Morgan fingerprint density at radius 2 is 2.24 bits per heavy atom. The van der Waals surface area contributed by atoms with Gasteiger partial charge in [0.1, 0.15) is 0 Å². The molecule has 0 bridgehead atoms. The van der Waals surface area contributed by atoms with Gasteiger partial charge in [-0.3, -0.25) is 0 Å². The van der Waals surface area contributed by atoms with Crippen molar-refractivity contribution in [3.63, 3.8) is 0 Å². The van der Waals surface area contributed by atoms with Crippen LogP contribution in [0.1, 0.15) is 18.4 Å². The van der Waals surface area contributed by atoms with E-state index < -0.39 is 0 Å². The number of nitrogens with zero attached hydrogens (tertiary/aromatic N) is 2. The highest BCUT2D eigenvalue weighted by molar-refractivity contribution is 5.95. The normalized spacial score (nSPS) is 23.7. The molecule has 2 aliphatic rings. The Bertz CT molecular complexity index is 441. The van der Waals surface area contributed by atoms with Crippen LogP contribution in [-0.4, -0.2) is 30.0 Å². The van der Waals surface area contributed by atoms with Gasteiger partial charge >= 0.3 is 0 Å². The van der Waals surface area contributed by atoms with Crippen LogP contribution >= 0.6 is 0 Å². The molecular weight excluding hydrogens is 212 g/mol. The quantitative estimate of drug-likeness (QED) is 0.708. The van der Waals surface area contributed by atoms with E-state index in [-0.39, 0.29) is 6.04 Å². The smallest absolute Gasteiger partial charge is 0.198 e. The predicted molar refractivity (Wildman–Crippen MR) is 70.0 cm³/mol. The second-order valence-electron chi connectivity index (χ2n) is 4.77. The fourth-order valence-electron chi connectivity index (χ4n) is 2.48. The van der Waals surface area contributed by atoms with Gasteiger partial charge in [0.2, 0.25) is 0 Å². The molecule has 4 nitrogen and oxygen atoms in total. The van der Waals surface area contributed by atoms with Crippen LogP contribution in [0.2, 0.25) is 0 Å². The lowest BCUT2D eigenvalue weighted by atomic mass is 10.1. The number of likely N-dealkylation sites (tertiary alicyclic amines) is 1. The fourth-order valence-corrected chi connectivity index (χ4v) is 2.48. The summed E-state index contributed by atoms with van der Waals surface area (Å²) in [5, 5.41) is 3.41. The van der Waals surface area contributed by atoms with Crippen molar-refractivity contribution in [3.8, 4) is 0 Å². The van der Waals surface area contributed by atoms with Gasteiger partial charge in [0, 0.05) is 24.8 Å². The fraction of sp³-hybridized carbons (Fsp3) is 0.462. The van der Waals surface area contributed by atoms with Gasteiger partial charge in [-0.25, -0.2) is 4.99 Å². The van der Waals surface area contributed by atoms with Gasteiger partial charge in [0.05, 0.1) is 6.54 Å². The molecule has 0 amide bonds. The average molecular weight is 230 g/mol. The molecule has 0 spiro atoms. The number of rotatable bonds is 0. The third-order valence-corrected chi connectivity index (χ3v) is 3.42. The third-order valence-electron chi connectivity index (χ3n) is 3.42. The number of nitrogens with two attached hydrogens (primary N) is 1. The third kappa shape index (κ3) is 2.13. The summed E-state index contributed by atoms with van der Waals surface area (Å²) in [7, 11) is 0. The highest BCUT2D eigenvalue weighted by atomic mass is 15.3. The first-order chi connectivity index (χ1) is 8.33. The van der Waals surface area contributed by atoms with Crippen LogP contribution in [0.3, 0.4) is 0 Å². The topological polar surface area (TPSA) is 53.6 Å². The van der Waals surface area contributed by atoms with E-state index in [1.807, 2.05) is 0 Å². The van der Waals surface area contributed by atoms with Gasteiger partial charge in [-0.2, -0.15) is 0 Å². The van der Waals surface area contributed by atoms with Gasteiger partial charge < -0.3 is 16.0 Å². The minimum absolute atomic E-state index is 0.283. The zero-order chi connectivity index (χ0) is 11.7. The minimum Gasteiger partial charge on any atom is -0.341 e. The van der Waals surface area contributed by atoms with E-state index in [2.05, 4.69) is 39.5 Å². The van der Waals surface area contributed by atoms with Gasteiger partial charge in [-0.1, -0.05) is 18.2 Å². The molecule has 1 aromatic carbocycles. The van der Waals surface area contributed by atoms with Crippen LogP contribution in [0.25, 0.3) is 0 Å². The van der Waals surface area contributed by atoms with Crippen molar-refractivity contribution in [2.24, 2.45) is 10.7 Å². The van der Waals surface area contributed by atoms with E-state index in [0.717, 1.165) is 38.4 Å². The molecule has 0 aromatic heterocycles. The van der Waals surface area contributed by atoms with Gasteiger partial charge in [-0.05, 0) is 24.5 Å². The van der Waals surface area contributed by atoms with E-state index in [4.69, 9.17) is 5.73 Å². The predicted octanol–water partition coefficient (Wildman–Crippen LogP) is 1.39. The zero-order valence-electron chi connectivity index (χ0n) is 9.89. The van der Waals surface area contributed by atoms with E-state index in [1.165, 1.54) is 11.3 Å². The van der Waals surface area contributed by atoms with E-state index >= 15 is 0 Å². The number of hydrogen-bond donors (Lipinski definition) is 2. The standard InChI is InChI=1S/C13H18N4/c14-11-5-3-7-17(9-11)13-15-8-10-4-1-2-6-12(10)16-13/h1-2,4,6,11H,3,5,7-9,14H2,(H,15,16). The molecular formula is C13H18N4. The van der Waals surface area contributed by atoms with E-state index in [1.54, 1.807) is 0 Å². The first-order valence-electron chi connectivity index (χ1n) is 6.23. The van der Waals surface area contributed by atoms with E-state index in [9.17, 15) is 0 Å². The molecule has 0 aliphatic carbocycles. The molecule has 17 heavy (non-hydrogen) atoms. The molecule has 0 radical (unpaired) electrons. The number of benzene rings is 1. The van der Waals surface area contributed by atoms with Crippen molar-refractivity contribution in [2.45, 2.75) is 25.4 Å². The molecule has 1 unspecified atom stereocenters. The maximum absolute atomic E-state index is 6.00. The first-order valence-corrected chi connectivity index (χ1v) is 6.23.